The maximum absolute atomic E-state index is 12.0. The predicted molar refractivity (Wildman–Crippen MR) is 78.7 cm³/mol. The highest BCUT2D eigenvalue weighted by atomic mass is 16.5. The molecule has 0 atom stereocenters. The molecule has 1 aromatic heterocycles. The Morgan fingerprint density at radius 1 is 1.35 bits per heavy atom. The third kappa shape index (κ3) is 3.78. The molecule has 3 N–H and O–H groups in total. The number of aromatic amines is 1. The summed E-state index contributed by atoms with van der Waals surface area (Å²) in [6.45, 7) is 1.21. The summed E-state index contributed by atoms with van der Waals surface area (Å²) < 4.78 is 5.58. The molecular weight excluding hydrogens is 254 g/mol. The van der Waals surface area contributed by atoms with Crippen molar-refractivity contribution in [3.63, 3.8) is 0 Å². The van der Waals surface area contributed by atoms with E-state index in [9.17, 15) is 4.79 Å². The molecule has 2 rings (SSSR count). The molecule has 106 valence electrons. The van der Waals surface area contributed by atoms with Gasteiger partial charge in [-0.3, -0.25) is 4.79 Å². The number of H-pyrrole nitrogens is 1. The number of carbonyl (C=O) groups excluding carboxylic acids is 1. The summed E-state index contributed by atoms with van der Waals surface area (Å²) in [5.41, 5.74) is 6.65. The molecule has 0 aliphatic rings. The van der Waals surface area contributed by atoms with E-state index in [0.717, 1.165) is 12.2 Å². The largest absolute Gasteiger partial charge is 0.494 e. The summed E-state index contributed by atoms with van der Waals surface area (Å²) in [5, 5.41) is 0. The Morgan fingerprint density at radius 3 is 2.75 bits per heavy atom. The summed E-state index contributed by atoms with van der Waals surface area (Å²) in [6, 6.07) is 11.3. The van der Waals surface area contributed by atoms with E-state index in [1.54, 1.807) is 24.2 Å². The Hall–Kier alpha value is -2.43. The molecule has 0 aliphatic heterocycles. The van der Waals surface area contributed by atoms with Crippen molar-refractivity contribution in [3.8, 4) is 5.75 Å². The van der Waals surface area contributed by atoms with E-state index in [1.165, 1.54) is 0 Å². The smallest absolute Gasteiger partial charge is 0.270 e. The van der Waals surface area contributed by atoms with Gasteiger partial charge in [0.2, 0.25) is 0 Å². The van der Waals surface area contributed by atoms with Gasteiger partial charge in [-0.05, 0) is 24.6 Å². The first-order valence-electron chi connectivity index (χ1n) is 6.54. The number of anilines is 1. The molecule has 20 heavy (non-hydrogen) atoms. The van der Waals surface area contributed by atoms with Crippen molar-refractivity contribution >= 4 is 11.6 Å². The first-order chi connectivity index (χ1) is 9.66. The van der Waals surface area contributed by atoms with Gasteiger partial charge in [0.25, 0.3) is 5.91 Å². The fourth-order valence-corrected chi connectivity index (χ4v) is 1.85. The van der Waals surface area contributed by atoms with Crippen LogP contribution in [0.5, 0.6) is 5.75 Å². The van der Waals surface area contributed by atoms with E-state index in [4.69, 9.17) is 10.5 Å². The lowest BCUT2D eigenvalue weighted by Gasteiger charge is -2.16. The predicted octanol–water partition coefficient (Wildman–Crippen LogP) is 2.14. The molecule has 0 radical (unpaired) electrons. The minimum Gasteiger partial charge on any atom is -0.494 e. The van der Waals surface area contributed by atoms with Gasteiger partial charge in [-0.2, -0.15) is 0 Å². The van der Waals surface area contributed by atoms with E-state index < -0.39 is 0 Å². The van der Waals surface area contributed by atoms with E-state index in [0.29, 0.717) is 24.5 Å². The van der Waals surface area contributed by atoms with Crippen molar-refractivity contribution in [2.24, 2.45) is 0 Å². The molecule has 1 amide bonds. The Bertz CT molecular complexity index is 551. The number of amides is 1. The molecule has 0 unspecified atom stereocenters. The number of aromatic nitrogens is 1. The molecule has 0 saturated carbocycles. The first kappa shape index (κ1) is 14.0. The second-order valence-electron chi connectivity index (χ2n) is 4.59. The normalized spacial score (nSPS) is 10.2. The van der Waals surface area contributed by atoms with Gasteiger partial charge in [0.15, 0.2) is 0 Å². The third-order valence-electron chi connectivity index (χ3n) is 2.93. The summed E-state index contributed by atoms with van der Waals surface area (Å²) >= 11 is 0. The minimum atomic E-state index is -0.0681. The lowest BCUT2D eigenvalue weighted by Crippen LogP contribution is -2.28. The highest BCUT2D eigenvalue weighted by Crippen LogP contribution is 2.09. The number of carbonyl (C=O) groups is 1. The van der Waals surface area contributed by atoms with Gasteiger partial charge < -0.3 is 20.4 Å². The molecule has 0 fully saturated rings. The van der Waals surface area contributed by atoms with Crippen LogP contribution in [0.2, 0.25) is 0 Å². The number of nitrogens with two attached hydrogens (primary N) is 1. The van der Waals surface area contributed by atoms with Crippen LogP contribution >= 0.6 is 0 Å². The monoisotopic (exact) mass is 273 g/mol. The van der Waals surface area contributed by atoms with Crippen LogP contribution in [0.3, 0.4) is 0 Å². The number of rotatable bonds is 6. The molecule has 0 spiro atoms. The van der Waals surface area contributed by atoms with E-state index in [1.807, 2.05) is 30.3 Å². The molecule has 1 heterocycles. The molecule has 0 bridgehead atoms. The van der Waals surface area contributed by atoms with Gasteiger partial charge in [0.05, 0.1) is 6.61 Å². The van der Waals surface area contributed by atoms with Gasteiger partial charge >= 0.3 is 0 Å². The topological polar surface area (TPSA) is 71.3 Å². The zero-order valence-electron chi connectivity index (χ0n) is 11.5. The molecule has 5 nitrogen and oxygen atoms in total. The maximum Gasteiger partial charge on any atom is 0.270 e. The van der Waals surface area contributed by atoms with Crippen molar-refractivity contribution in [2.75, 3.05) is 25.9 Å². The number of nitrogens with zero attached hydrogens (tertiary/aromatic N) is 1. The van der Waals surface area contributed by atoms with Gasteiger partial charge in [0.1, 0.15) is 11.4 Å². The Balaban J connectivity index is 1.72. The molecule has 1 aromatic carbocycles. The zero-order chi connectivity index (χ0) is 14.4. The van der Waals surface area contributed by atoms with Crippen LogP contribution in [-0.4, -0.2) is 36.0 Å². The van der Waals surface area contributed by atoms with Crippen LogP contribution in [-0.2, 0) is 0 Å². The standard InChI is InChI=1S/C15H19N3O2/c1-18(15(19)14-10-12(16)11-17-14)8-5-9-20-13-6-3-2-4-7-13/h2-4,6-7,10-11,17H,5,8-9,16H2,1H3. The summed E-state index contributed by atoms with van der Waals surface area (Å²) in [7, 11) is 1.77. The summed E-state index contributed by atoms with van der Waals surface area (Å²) in [5.74, 6) is 0.778. The second-order valence-corrected chi connectivity index (χ2v) is 4.59. The van der Waals surface area contributed by atoms with E-state index in [-0.39, 0.29) is 5.91 Å². The third-order valence-corrected chi connectivity index (χ3v) is 2.93. The fraction of sp³-hybridized carbons (Fsp3) is 0.267. The zero-order valence-corrected chi connectivity index (χ0v) is 11.5. The lowest BCUT2D eigenvalue weighted by molar-refractivity contribution is 0.0783. The van der Waals surface area contributed by atoms with Crippen molar-refractivity contribution in [3.05, 3.63) is 48.3 Å². The van der Waals surface area contributed by atoms with E-state index in [2.05, 4.69) is 4.98 Å². The maximum atomic E-state index is 12.0. The minimum absolute atomic E-state index is 0.0681. The quantitative estimate of drug-likeness (QED) is 0.792. The van der Waals surface area contributed by atoms with Crippen molar-refractivity contribution in [2.45, 2.75) is 6.42 Å². The Kier molecular flexibility index (Phi) is 4.65. The highest BCUT2D eigenvalue weighted by Gasteiger charge is 2.12. The van der Waals surface area contributed by atoms with Gasteiger partial charge in [-0.25, -0.2) is 0 Å². The summed E-state index contributed by atoms with van der Waals surface area (Å²) in [6.07, 6.45) is 2.38. The SMILES string of the molecule is CN(CCCOc1ccccc1)C(=O)c1cc(N)c[nH]1. The number of benzene rings is 1. The lowest BCUT2D eigenvalue weighted by atomic mass is 10.3. The van der Waals surface area contributed by atoms with Crippen LogP contribution in [0.1, 0.15) is 16.9 Å². The average Bonchev–Trinajstić information content (AvgIpc) is 2.90. The molecular formula is C15H19N3O2. The number of hydrogen-bond donors (Lipinski definition) is 2. The van der Waals surface area contributed by atoms with Crippen LogP contribution in [0.25, 0.3) is 0 Å². The van der Waals surface area contributed by atoms with E-state index >= 15 is 0 Å². The van der Waals surface area contributed by atoms with Crippen molar-refractivity contribution in [1.29, 1.82) is 0 Å². The van der Waals surface area contributed by atoms with Gasteiger partial charge in [-0.15, -0.1) is 0 Å². The van der Waals surface area contributed by atoms with Crippen molar-refractivity contribution in [1.82, 2.24) is 9.88 Å². The molecule has 0 saturated heterocycles. The number of hydrogen-bond acceptors (Lipinski definition) is 3. The van der Waals surface area contributed by atoms with Crippen LogP contribution in [0.4, 0.5) is 5.69 Å². The number of nitrogens with one attached hydrogen (secondary N) is 1. The number of ether oxygens (including phenoxy) is 1. The van der Waals surface area contributed by atoms with Gasteiger partial charge in [0, 0.05) is 25.5 Å². The van der Waals surface area contributed by atoms with Crippen LogP contribution in [0, 0.1) is 0 Å². The molecule has 5 heteroatoms. The molecule has 0 aliphatic carbocycles. The summed E-state index contributed by atoms with van der Waals surface area (Å²) in [4.78, 5) is 16.5. The molecule has 2 aromatic rings. The van der Waals surface area contributed by atoms with Crippen molar-refractivity contribution < 1.29 is 9.53 Å². The second kappa shape index (κ2) is 6.65. The van der Waals surface area contributed by atoms with Crippen LogP contribution < -0.4 is 10.5 Å². The Morgan fingerprint density at radius 2 is 2.10 bits per heavy atom. The highest BCUT2D eigenvalue weighted by molar-refractivity contribution is 5.93. The number of nitrogen functional groups attached to an aromatic ring is 1. The Labute approximate surface area is 118 Å². The first-order valence-corrected chi connectivity index (χ1v) is 6.54. The average molecular weight is 273 g/mol. The fourth-order valence-electron chi connectivity index (χ4n) is 1.85. The van der Waals surface area contributed by atoms with Crippen LogP contribution in [0.15, 0.2) is 42.6 Å². The number of para-hydroxylation sites is 1. The van der Waals surface area contributed by atoms with Gasteiger partial charge in [-0.1, -0.05) is 18.2 Å².